The number of nitrogens with one attached hydrogen (secondary N) is 1. The van der Waals surface area contributed by atoms with Crippen LogP contribution in [-0.4, -0.2) is 39.2 Å². The molecule has 1 N–H and O–H groups in total. The third-order valence-electron chi connectivity index (χ3n) is 2.40. The first kappa shape index (κ1) is 16.3. The summed E-state index contributed by atoms with van der Waals surface area (Å²) in [5, 5.41) is 2.47. The first-order valence-corrected chi connectivity index (χ1v) is 6.68. The van der Waals surface area contributed by atoms with E-state index in [1.807, 2.05) is 0 Å². The minimum atomic E-state index is -0.498. The highest BCUT2D eigenvalue weighted by molar-refractivity contribution is 9.10. The molecule has 1 aromatic carbocycles. The molecule has 1 rings (SSSR count). The summed E-state index contributed by atoms with van der Waals surface area (Å²) in [5.74, 6) is -0.0811. The fourth-order valence-corrected chi connectivity index (χ4v) is 2.12. The van der Waals surface area contributed by atoms with Crippen LogP contribution >= 0.6 is 15.9 Å². The number of hydrogen-bond donors (Lipinski definition) is 1. The molecule has 0 atom stereocenters. The molecule has 20 heavy (non-hydrogen) atoms. The van der Waals surface area contributed by atoms with Gasteiger partial charge in [-0.2, -0.15) is 0 Å². The Morgan fingerprint density at radius 2 is 1.95 bits per heavy atom. The summed E-state index contributed by atoms with van der Waals surface area (Å²) in [4.78, 5) is 23.3. The van der Waals surface area contributed by atoms with Gasteiger partial charge in [0.1, 0.15) is 18.0 Å². The van der Waals surface area contributed by atoms with Gasteiger partial charge in [-0.3, -0.25) is 9.59 Å². The zero-order valence-corrected chi connectivity index (χ0v) is 13.1. The van der Waals surface area contributed by atoms with Crippen molar-refractivity contribution < 1.29 is 23.8 Å². The summed E-state index contributed by atoms with van der Waals surface area (Å²) in [6.45, 7) is 1.76. The molecule has 0 fully saturated rings. The van der Waals surface area contributed by atoms with Gasteiger partial charge in [0.25, 0.3) is 5.91 Å². The second-order valence-corrected chi connectivity index (χ2v) is 4.53. The summed E-state index contributed by atoms with van der Waals surface area (Å²) in [6.07, 6.45) is 0. The van der Waals surface area contributed by atoms with Gasteiger partial charge in [0, 0.05) is 0 Å². The van der Waals surface area contributed by atoms with E-state index >= 15 is 0 Å². The zero-order valence-electron chi connectivity index (χ0n) is 11.5. The van der Waals surface area contributed by atoms with Gasteiger partial charge < -0.3 is 19.5 Å². The molecule has 1 aromatic rings. The van der Waals surface area contributed by atoms with Crippen LogP contribution in [0.25, 0.3) is 0 Å². The van der Waals surface area contributed by atoms with E-state index in [1.165, 1.54) is 20.3 Å². The second kappa shape index (κ2) is 7.74. The van der Waals surface area contributed by atoms with Gasteiger partial charge in [-0.15, -0.1) is 0 Å². The fraction of sp³-hybridized carbons (Fsp3) is 0.385. The number of esters is 1. The molecule has 0 saturated heterocycles. The monoisotopic (exact) mass is 345 g/mol. The minimum absolute atomic E-state index is 0.204. The number of hydrogen-bond acceptors (Lipinski definition) is 5. The number of benzene rings is 1. The summed E-state index contributed by atoms with van der Waals surface area (Å²) >= 11 is 3.30. The molecule has 0 saturated carbocycles. The lowest BCUT2D eigenvalue weighted by Gasteiger charge is -2.12. The molecule has 0 heterocycles. The molecule has 1 amide bonds. The van der Waals surface area contributed by atoms with Gasteiger partial charge in [-0.25, -0.2) is 0 Å². The first-order valence-electron chi connectivity index (χ1n) is 5.88. The zero-order chi connectivity index (χ0) is 15.1. The van der Waals surface area contributed by atoms with Gasteiger partial charge in [0.2, 0.25) is 0 Å². The Labute approximate surface area is 125 Å². The smallest absolute Gasteiger partial charge is 0.325 e. The predicted octanol–water partition coefficient (Wildman–Crippen LogP) is 1.76. The van der Waals surface area contributed by atoms with Crippen LogP contribution in [0.15, 0.2) is 16.6 Å². The summed E-state index contributed by atoms with van der Waals surface area (Å²) in [5.41, 5.74) is 0.267. The number of amides is 1. The van der Waals surface area contributed by atoms with E-state index in [9.17, 15) is 9.59 Å². The molecule has 0 aliphatic carbocycles. The maximum atomic E-state index is 12.1. The molecule has 0 spiro atoms. The normalized spacial score (nSPS) is 9.80. The van der Waals surface area contributed by atoms with E-state index in [1.54, 1.807) is 13.0 Å². The average Bonchev–Trinajstić information content (AvgIpc) is 2.44. The lowest BCUT2D eigenvalue weighted by atomic mass is 10.1. The van der Waals surface area contributed by atoms with Crippen molar-refractivity contribution in [1.82, 2.24) is 5.32 Å². The first-order chi connectivity index (χ1) is 9.53. The van der Waals surface area contributed by atoms with Crippen LogP contribution in [0.2, 0.25) is 0 Å². The van der Waals surface area contributed by atoms with Crippen LogP contribution in [0.5, 0.6) is 11.5 Å². The van der Waals surface area contributed by atoms with Gasteiger partial charge in [-0.05, 0) is 35.0 Å². The van der Waals surface area contributed by atoms with E-state index < -0.39 is 11.9 Å². The average molecular weight is 346 g/mol. The van der Waals surface area contributed by atoms with E-state index in [0.717, 1.165) is 0 Å². The Morgan fingerprint density at radius 3 is 2.50 bits per heavy atom. The van der Waals surface area contributed by atoms with Crippen molar-refractivity contribution in [2.45, 2.75) is 6.92 Å². The quantitative estimate of drug-likeness (QED) is 0.795. The van der Waals surface area contributed by atoms with Gasteiger partial charge in [0.05, 0.1) is 30.9 Å². The Hall–Kier alpha value is -1.76. The standard InChI is InChI=1S/C13H16BrNO5/c1-4-20-11(16)7-15-13(17)9-5-8(18-2)6-10(14)12(9)19-3/h5-6H,4,7H2,1-3H3,(H,15,17). The lowest BCUT2D eigenvalue weighted by Crippen LogP contribution is -2.31. The van der Waals surface area contributed by atoms with Crippen molar-refractivity contribution in [1.29, 1.82) is 0 Å². The van der Waals surface area contributed by atoms with Crippen molar-refractivity contribution in [2.24, 2.45) is 0 Å². The van der Waals surface area contributed by atoms with Crippen LogP contribution in [0, 0.1) is 0 Å². The molecule has 110 valence electrons. The molecule has 0 bridgehead atoms. The van der Waals surface area contributed by atoms with Crippen molar-refractivity contribution in [3.8, 4) is 11.5 Å². The largest absolute Gasteiger partial charge is 0.497 e. The Morgan fingerprint density at radius 1 is 1.25 bits per heavy atom. The maximum Gasteiger partial charge on any atom is 0.325 e. The van der Waals surface area contributed by atoms with Gasteiger partial charge in [0.15, 0.2) is 0 Å². The van der Waals surface area contributed by atoms with Crippen LogP contribution in [0.1, 0.15) is 17.3 Å². The Kier molecular flexibility index (Phi) is 6.30. The number of methoxy groups -OCH3 is 2. The molecule has 0 unspecified atom stereocenters. The lowest BCUT2D eigenvalue weighted by molar-refractivity contribution is -0.141. The van der Waals surface area contributed by atoms with Crippen molar-refractivity contribution in [3.63, 3.8) is 0 Å². The number of carbonyl (C=O) groups excluding carboxylic acids is 2. The van der Waals surface area contributed by atoms with E-state index in [2.05, 4.69) is 21.2 Å². The molecule has 0 aliphatic heterocycles. The predicted molar refractivity (Wildman–Crippen MR) is 76.2 cm³/mol. The molecular weight excluding hydrogens is 330 g/mol. The topological polar surface area (TPSA) is 73.9 Å². The number of ether oxygens (including phenoxy) is 3. The number of carbonyl (C=O) groups is 2. The highest BCUT2D eigenvalue weighted by Gasteiger charge is 2.18. The minimum Gasteiger partial charge on any atom is -0.497 e. The Balaban J connectivity index is 2.91. The van der Waals surface area contributed by atoms with Crippen molar-refractivity contribution in [2.75, 3.05) is 27.4 Å². The molecule has 0 aromatic heterocycles. The van der Waals surface area contributed by atoms with Gasteiger partial charge >= 0.3 is 5.97 Å². The van der Waals surface area contributed by atoms with Crippen LogP contribution in [0.4, 0.5) is 0 Å². The van der Waals surface area contributed by atoms with E-state index in [-0.39, 0.29) is 18.7 Å². The SMILES string of the molecule is CCOC(=O)CNC(=O)c1cc(OC)cc(Br)c1OC. The molecular formula is C13H16BrNO5. The van der Waals surface area contributed by atoms with Gasteiger partial charge in [-0.1, -0.05) is 0 Å². The molecule has 6 nitrogen and oxygen atoms in total. The van der Waals surface area contributed by atoms with E-state index in [4.69, 9.17) is 14.2 Å². The maximum absolute atomic E-state index is 12.1. The fourth-order valence-electron chi connectivity index (χ4n) is 1.52. The van der Waals surface area contributed by atoms with Crippen LogP contribution in [-0.2, 0) is 9.53 Å². The van der Waals surface area contributed by atoms with Crippen LogP contribution < -0.4 is 14.8 Å². The molecule has 7 heteroatoms. The second-order valence-electron chi connectivity index (χ2n) is 3.68. The summed E-state index contributed by atoms with van der Waals surface area (Å²) in [7, 11) is 2.95. The summed E-state index contributed by atoms with van der Waals surface area (Å²) in [6, 6.07) is 3.21. The summed E-state index contributed by atoms with van der Waals surface area (Å²) < 4.78 is 15.6. The highest BCUT2D eigenvalue weighted by Crippen LogP contribution is 2.33. The van der Waals surface area contributed by atoms with Crippen LogP contribution in [0.3, 0.4) is 0 Å². The molecule has 0 aliphatic rings. The number of halogens is 1. The van der Waals surface area contributed by atoms with E-state index in [0.29, 0.717) is 16.0 Å². The van der Waals surface area contributed by atoms with Crippen molar-refractivity contribution in [3.05, 3.63) is 22.2 Å². The highest BCUT2D eigenvalue weighted by atomic mass is 79.9. The Bertz CT molecular complexity index is 504. The van der Waals surface area contributed by atoms with Crippen molar-refractivity contribution >= 4 is 27.8 Å². The third-order valence-corrected chi connectivity index (χ3v) is 2.99. The molecule has 0 radical (unpaired) electrons. The third kappa shape index (κ3) is 4.12. The number of rotatable bonds is 6.